The molecule has 1 saturated carbocycles. The Hall–Kier alpha value is -7.50. The monoisotopic (exact) mass is 971 g/mol. The van der Waals surface area contributed by atoms with Crippen LogP contribution in [0, 0.1) is 24.7 Å². The average Bonchev–Trinajstić information content (AvgIpc) is 3.92. The number of aryl methyl sites for hydroxylation is 2. The quantitative estimate of drug-likeness (QED) is 0.0814. The molecule has 4 aromatic carbocycles. The van der Waals surface area contributed by atoms with Gasteiger partial charge in [-0.1, -0.05) is 41.7 Å². The lowest BCUT2D eigenvalue weighted by atomic mass is 9.91. The van der Waals surface area contributed by atoms with Crippen LogP contribution in [0.15, 0.2) is 91.0 Å². The van der Waals surface area contributed by atoms with Crippen LogP contribution in [0.1, 0.15) is 81.3 Å². The molecule has 3 aliphatic heterocycles. The number of nitrogens with zero attached hydrogens (tertiary/aromatic N) is 6. The number of carbonyl (C=O) groups is 5. The molecule has 1 aliphatic carbocycles. The minimum atomic E-state index is -1.12. The van der Waals surface area contributed by atoms with Crippen LogP contribution in [0.25, 0.3) is 32.2 Å². The van der Waals surface area contributed by atoms with E-state index in [0.29, 0.717) is 90.3 Å². The first-order valence-electron chi connectivity index (χ1n) is 24.3. The van der Waals surface area contributed by atoms with E-state index in [1.165, 1.54) is 11.3 Å². The number of likely N-dealkylation sites (tertiary alicyclic amines) is 1. The number of piperidine rings is 2. The molecule has 3 fully saturated rings. The number of ether oxygens (including phenoxy) is 1. The van der Waals surface area contributed by atoms with Gasteiger partial charge in [-0.3, -0.25) is 39.4 Å². The van der Waals surface area contributed by atoms with Gasteiger partial charge in [-0.15, -0.1) is 0 Å². The first-order chi connectivity index (χ1) is 34.4. The molecular weight excluding hydrogens is 919 g/mol. The number of hydrogen-bond donors (Lipinski definition) is 4. The van der Waals surface area contributed by atoms with Crippen molar-refractivity contribution in [2.75, 3.05) is 48.3 Å². The van der Waals surface area contributed by atoms with Gasteiger partial charge in [0.15, 0.2) is 10.8 Å². The molecule has 6 heterocycles. The van der Waals surface area contributed by atoms with Crippen molar-refractivity contribution in [2.45, 2.75) is 57.9 Å². The maximum absolute atomic E-state index is 13.6. The molecule has 3 atom stereocenters. The topological polar surface area (TPSA) is 201 Å². The first kappa shape index (κ1) is 45.9. The summed E-state index contributed by atoms with van der Waals surface area (Å²) in [4.78, 5) is 77.3. The van der Waals surface area contributed by atoms with Gasteiger partial charge >= 0.3 is 5.97 Å². The Labute approximate surface area is 413 Å². The Morgan fingerprint density at radius 1 is 0.887 bits per heavy atom. The van der Waals surface area contributed by atoms with Crippen molar-refractivity contribution in [3.63, 3.8) is 0 Å². The number of amides is 4. The number of nitrogens with one attached hydrogen (secondary N) is 3. The maximum atomic E-state index is 13.6. The van der Waals surface area contributed by atoms with Crippen molar-refractivity contribution in [1.29, 1.82) is 0 Å². The van der Waals surface area contributed by atoms with Gasteiger partial charge in [-0.05, 0) is 153 Å². The highest BCUT2D eigenvalue weighted by atomic mass is 32.1. The SMILES string of the molecule is Cc1cc(OC[C@H]2C[C@@H]2C2CCN(CC(=O)Nc3ccc4c(C5CCC(=O)NC5=O)nn(C)c4c3)CC2)ccc1-c1ccc(N2CCc3cccc(C(=O)Nc4nc5ccccc5s4)c3C2)nc1C(=O)O. The number of benzene rings is 4. The summed E-state index contributed by atoms with van der Waals surface area (Å²) in [6, 6.07) is 28.6. The minimum absolute atomic E-state index is 0.0365. The van der Waals surface area contributed by atoms with Crippen LogP contribution in [-0.2, 0) is 34.4 Å². The van der Waals surface area contributed by atoms with Crippen LogP contribution in [0.5, 0.6) is 5.75 Å². The molecule has 11 rings (SSSR count). The largest absolute Gasteiger partial charge is 0.493 e. The molecule has 362 valence electrons. The van der Waals surface area contributed by atoms with Gasteiger partial charge in [-0.25, -0.2) is 14.8 Å². The van der Waals surface area contributed by atoms with Crippen LogP contribution in [0.2, 0.25) is 0 Å². The molecular formula is C54H53N9O7S. The molecule has 4 amide bonds. The Kier molecular flexibility index (Phi) is 12.3. The fourth-order valence-electron chi connectivity index (χ4n) is 10.9. The molecule has 4 N–H and O–H groups in total. The summed E-state index contributed by atoms with van der Waals surface area (Å²) in [6.07, 6.45) is 4.55. The van der Waals surface area contributed by atoms with E-state index in [9.17, 15) is 29.1 Å². The second kappa shape index (κ2) is 19.0. The lowest BCUT2D eigenvalue weighted by Crippen LogP contribution is -2.39. The van der Waals surface area contributed by atoms with E-state index in [0.717, 1.165) is 81.5 Å². The fraction of sp³-hybridized carbons (Fsp3) is 0.333. The molecule has 4 aliphatic rings. The highest BCUT2D eigenvalue weighted by Gasteiger charge is 2.44. The Morgan fingerprint density at radius 2 is 1.72 bits per heavy atom. The summed E-state index contributed by atoms with van der Waals surface area (Å²) in [5, 5.41) is 24.9. The molecule has 71 heavy (non-hydrogen) atoms. The van der Waals surface area contributed by atoms with E-state index in [-0.39, 0.29) is 35.7 Å². The molecule has 7 aromatic rings. The second-order valence-corrected chi connectivity index (χ2v) is 20.3. The minimum Gasteiger partial charge on any atom is -0.493 e. The van der Waals surface area contributed by atoms with E-state index in [1.807, 2.05) is 110 Å². The number of carboxylic acids is 1. The van der Waals surface area contributed by atoms with E-state index in [4.69, 9.17) is 9.72 Å². The van der Waals surface area contributed by atoms with E-state index in [2.05, 4.69) is 30.9 Å². The smallest absolute Gasteiger partial charge is 0.355 e. The summed E-state index contributed by atoms with van der Waals surface area (Å²) in [6.45, 7) is 5.61. The van der Waals surface area contributed by atoms with E-state index >= 15 is 0 Å². The van der Waals surface area contributed by atoms with Gasteiger partial charge in [0.05, 0.1) is 40.5 Å². The lowest BCUT2D eigenvalue weighted by molar-refractivity contribution is -0.134. The molecule has 3 aromatic heterocycles. The molecule has 2 saturated heterocycles. The summed E-state index contributed by atoms with van der Waals surface area (Å²) < 4.78 is 9.04. The fourth-order valence-corrected chi connectivity index (χ4v) is 11.7. The number of aromatic nitrogens is 4. The van der Waals surface area contributed by atoms with E-state index < -0.39 is 11.9 Å². The number of para-hydroxylation sites is 1. The van der Waals surface area contributed by atoms with Crippen LogP contribution in [0.3, 0.4) is 0 Å². The summed E-state index contributed by atoms with van der Waals surface area (Å²) in [7, 11) is 1.81. The third-order valence-electron chi connectivity index (χ3n) is 14.7. The third-order valence-corrected chi connectivity index (χ3v) is 15.7. The zero-order valence-corrected chi connectivity index (χ0v) is 40.3. The number of pyridine rings is 1. The van der Waals surface area contributed by atoms with Crippen molar-refractivity contribution >= 4 is 78.7 Å². The first-order valence-corrected chi connectivity index (χ1v) is 25.1. The number of imide groups is 1. The Bertz CT molecular complexity index is 3250. The highest BCUT2D eigenvalue weighted by Crippen LogP contribution is 2.48. The van der Waals surface area contributed by atoms with Crippen molar-refractivity contribution in [1.82, 2.24) is 30.0 Å². The van der Waals surface area contributed by atoms with Gasteiger partial charge in [0.1, 0.15) is 11.6 Å². The summed E-state index contributed by atoms with van der Waals surface area (Å²) in [5.74, 6) is 0.403. The average molecular weight is 972 g/mol. The normalized spacial score (nSPS) is 19.4. The molecule has 0 radical (unpaired) electrons. The molecule has 17 heteroatoms. The Morgan fingerprint density at radius 3 is 2.52 bits per heavy atom. The number of aromatic carboxylic acids is 1. The van der Waals surface area contributed by atoms with Crippen LogP contribution in [0.4, 0.5) is 16.6 Å². The number of carbonyl (C=O) groups excluding carboxylic acids is 4. The van der Waals surface area contributed by atoms with Crippen LogP contribution >= 0.6 is 11.3 Å². The number of carboxylic acid groups (broad SMARTS) is 1. The zero-order chi connectivity index (χ0) is 48.9. The van der Waals surface area contributed by atoms with Crippen molar-refractivity contribution in [3.05, 3.63) is 125 Å². The summed E-state index contributed by atoms with van der Waals surface area (Å²) >= 11 is 1.43. The molecule has 0 bridgehead atoms. The molecule has 1 unspecified atom stereocenters. The molecule has 16 nitrogen and oxygen atoms in total. The van der Waals surface area contributed by atoms with Crippen LogP contribution < -0.4 is 25.6 Å². The van der Waals surface area contributed by atoms with Crippen molar-refractivity contribution in [2.24, 2.45) is 24.8 Å². The van der Waals surface area contributed by atoms with Crippen molar-refractivity contribution in [3.8, 4) is 16.9 Å². The number of fused-ring (bicyclic) bond motifs is 3. The van der Waals surface area contributed by atoms with Gasteiger partial charge in [0.25, 0.3) is 5.91 Å². The third kappa shape index (κ3) is 9.46. The van der Waals surface area contributed by atoms with Gasteiger partial charge < -0.3 is 20.1 Å². The standard InChI is InChI=1S/C54H53N9O7S/c1-30-24-35(70-29-33-25-41(33)32-18-21-62(22-19-32)28-48(65)55-34-10-12-39-44(26-34)61(2)60-49(39)40-15-17-47(64)58-52(40)67)11-13-36(30)37-14-16-46(57-50(37)53(68)69)63-23-20-31-6-5-7-38(42(31)27-63)51(66)59-54-56-43-8-3-4-9-45(43)71-54/h3-14,16,24,26,32-33,40-41H,15,17-23,25,27-29H2,1-2H3,(H,55,65)(H,68,69)(H,56,59,66)(H,58,64,67)/t33-,40?,41-/m1/s1. The number of anilines is 3. The van der Waals surface area contributed by atoms with E-state index in [1.54, 1.807) is 4.68 Å². The Balaban J connectivity index is 0.663. The lowest BCUT2D eigenvalue weighted by Gasteiger charge is -2.31. The van der Waals surface area contributed by atoms with Crippen LogP contribution in [-0.4, -0.2) is 92.1 Å². The highest BCUT2D eigenvalue weighted by molar-refractivity contribution is 7.22. The van der Waals surface area contributed by atoms with Gasteiger partial charge in [0.2, 0.25) is 17.7 Å². The maximum Gasteiger partial charge on any atom is 0.355 e. The number of thiazole rings is 1. The number of rotatable bonds is 13. The summed E-state index contributed by atoms with van der Waals surface area (Å²) in [5.41, 5.74) is 7.60. The molecule has 0 spiro atoms. The van der Waals surface area contributed by atoms with Crippen molar-refractivity contribution < 1.29 is 33.8 Å². The predicted molar refractivity (Wildman–Crippen MR) is 271 cm³/mol. The van der Waals surface area contributed by atoms with Gasteiger partial charge in [-0.2, -0.15) is 5.10 Å². The number of hydrogen-bond acceptors (Lipinski definition) is 12. The second-order valence-electron chi connectivity index (χ2n) is 19.3. The van der Waals surface area contributed by atoms with Gasteiger partial charge in [0, 0.05) is 48.8 Å². The predicted octanol–water partition coefficient (Wildman–Crippen LogP) is 7.95. The zero-order valence-electron chi connectivity index (χ0n) is 39.4.